The number of benzene rings is 1. The minimum atomic E-state index is -1.08. The summed E-state index contributed by atoms with van der Waals surface area (Å²) in [5, 5.41) is 15.5. The molecule has 2 unspecified atom stereocenters. The lowest BCUT2D eigenvalue weighted by molar-refractivity contribution is -0.121. The van der Waals surface area contributed by atoms with Crippen molar-refractivity contribution in [2.45, 2.75) is 38.8 Å². The molecule has 0 heterocycles. The minimum Gasteiger partial charge on any atom is -0.387 e. The maximum Gasteiger partial charge on any atom is 0.221 e. The molecule has 0 aliphatic rings. The Kier molecular flexibility index (Phi) is 7.25. The van der Waals surface area contributed by atoms with Gasteiger partial charge in [0.15, 0.2) is 0 Å². The second-order valence-corrected chi connectivity index (χ2v) is 5.01. The Bertz CT molecular complexity index is 469. The van der Waals surface area contributed by atoms with Crippen LogP contribution in [0.25, 0.3) is 0 Å². The van der Waals surface area contributed by atoms with Crippen LogP contribution in [0.1, 0.15) is 38.4 Å². The molecule has 3 N–H and O–H groups in total. The van der Waals surface area contributed by atoms with Crippen LogP contribution < -0.4 is 10.6 Å². The van der Waals surface area contributed by atoms with Crippen molar-refractivity contribution in [2.24, 2.45) is 0 Å². The third kappa shape index (κ3) is 6.18. The van der Waals surface area contributed by atoms with Gasteiger partial charge in [-0.25, -0.2) is 8.78 Å². The van der Waals surface area contributed by atoms with Gasteiger partial charge in [0.2, 0.25) is 5.91 Å². The molecule has 0 bridgehead atoms. The molecule has 6 heteroatoms. The van der Waals surface area contributed by atoms with E-state index in [1.54, 1.807) is 0 Å². The highest BCUT2D eigenvalue weighted by Crippen LogP contribution is 2.17. The number of halogens is 2. The van der Waals surface area contributed by atoms with E-state index in [0.29, 0.717) is 6.54 Å². The lowest BCUT2D eigenvalue weighted by Crippen LogP contribution is -2.34. The second kappa shape index (κ2) is 8.69. The zero-order valence-corrected chi connectivity index (χ0v) is 12.3. The van der Waals surface area contributed by atoms with Gasteiger partial charge < -0.3 is 15.7 Å². The van der Waals surface area contributed by atoms with Crippen molar-refractivity contribution in [3.05, 3.63) is 35.4 Å². The van der Waals surface area contributed by atoms with Crippen molar-refractivity contribution in [3.63, 3.8) is 0 Å². The van der Waals surface area contributed by atoms with E-state index >= 15 is 0 Å². The zero-order chi connectivity index (χ0) is 15.8. The van der Waals surface area contributed by atoms with Crippen LogP contribution in [0, 0.1) is 11.6 Å². The fourth-order valence-electron chi connectivity index (χ4n) is 1.77. The van der Waals surface area contributed by atoms with Crippen molar-refractivity contribution >= 4 is 5.91 Å². The van der Waals surface area contributed by atoms with Crippen LogP contribution in [-0.2, 0) is 4.79 Å². The molecule has 0 aliphatic carbocycles. The first kappa shape index (κ1) is 17.5. The van der Waals surface area contributed by atoms with Crippen LogP contribution in [0.4, 0.5) is 8.78 Å². The van der Waals surface area contributed by atoms with Crippen molar-refractivity contribution < 1.29 is 18.7 Å². The monoisotopic (exact) mass is 300 g/mol. The number of amides is 1. The SMILES string of the molecule is CCC(C)NC(=O)CCNCC(O)c1ccc(F)cc1F. The van der Waals surface area contributed by atoms with Crippen molar-refractivity contribution in [1.29, 1.82) is 0 Å². The summed E-state index contributed by atoms with van der Waals surface area (Å²) in [7, 11) is 0. The third-order valence-corrected chi connectivity index (χ3v) is 3.21. The Labute approximate surface area is 123 Å². The van der Waals surface area contributed by atoms with E-state index in [4.69, 9.17) is 0 Å². The quantitative estimate of drug-likeness (QED) is 0.643. The predicted octanol–water partition coefficient (Wildman–Crippen LogP) is 1.89. The number of rotatable bonds is 8. The van der Waals surface area contributed by atoms with E-state index in [2.05, 4.69) is 10.6 Å². The Morgan fingerprint density at radius 1 is 1.38 bits per heavy atom. The number of aliphatic hydroxyl groups is 1. The maximum atomic E-state index is 13.4. The topological polar surface area (TPSA) is 61.4 Å². The summed E-state index contributed by atoms with van der Waals surface area (Å²) in [6.07, 6.45) is 0.0632. The van der Waals surface area contributed by atoms with Gasteiger partial charge in [-0.05, 0) is 19.4 Å². The van der Waals surface area contributed by atoms with Crippen molar-refractivity contribution in [1.82, 2.24) is 10.6 Å². The molecule has 1 rings (SSSR count). The molecule has 0 fully saturated rings. The molecule has 2 atom stereocenters. The lowest BCUT2D eigenvalue weighted by Gasteiger charge is -2.14. The highest BCUT2D eigenvalue weighted by atomic mass is 19.1. The molecule has 1 aromatic rings. The summed E-state index contributed by atoms with van der Waals surface area (Å²) in [4.78, 5) is 11.5. The third-order valence-electron chi connectivity index (χ3n) is 3.21. The number of hydrogen-bond donors (Lipinski definition) is 3. The molecule has 1 amide bonds. The molecule has 0 aliphatic heterocycles. The van der Waals surface area contributed by atoms with E-state index in [0.717, 1.165) is 18.6 Å². The van der Waals surface area contributed by atoms with Gasteiger partial charge in [0.05, 0.1) is 6.10 Å². The molecule has 21 heavy (non-hydrogen) atoms. The molecule has 1 aromatic carbocycles. The van der Waals surface area contributed by atoms with Crippen LogP contribution in [0.2, 0.25) is 0 Å². The van der Waals surface area contributed by atoms with Crippen LogP contribution in [-0.4, -0.2) is 30.1 Å². The summed E-state index contributed by atoms with van der Waals surface area (Å²) in [5.41, 5.74) is 0.0351. The summed E-state index contributed by atoms with van der Waals surface area (Å²) in [6.45, 7) is 4.38. The van der Waals surface area contributed by atoms with Gasteiger partial charge in [-0.2, -0.15) is 0 Å². The van der Waals surface area contributed by atoms with E-state index in [-0.39, 0.29) is 30.5 Å². The molecule has 0 spiro atoms. The van der Waals surface area contributed by atoms with Crippen molar-refractivity contribution in [2.75, 3.05) is 13.1 Å². The first-order valence-electron chi connectivity index (χ1n) is 7.07. The second-order valence-electron chi connectivity index (χ2n) is 5.01. The Morgan fingerprint density at radius 3 is 2.71 bits per heavy atom. The molecule has 0 saturated heterocycles. The lowest BCUT2D eigenvalue weighted by atomic mass is 10.1. The van der Waals surface area contributed by atoms with E-state index in [9.17, 15) is 18.7 Å². The Morgan fingerprint density at radius 2 is 2.10 bits per heavy atom. The van der Waals surface area contributed by atoms with Gasteiger partial charge >= 0.3 is 0 Å². The van der Waals surface area contributed by atoms with Gasteiger partial charge in [0, 0.05) is 37.2 Å². The molecule has 0 aromatic heterocycles. The van der Waals surface area contributed by atoms with E-state index in [1.807, 2.05) is 13.8 Å². The van der Waals surface area contributed by atoms with Crippen LogP contribution in [0.3, 0.4) is 0 Å². The van der Waals surface area contributed by atoms with Crippen LogP contribution in [0.15, 0.2) is 18.2 Å². The first-order valence-corrected chi connectivity index (χ1v) is 7.07. The predicted molar refractivity (Wildman–Crippen MR) is 76.7 cm³/mol. The molecular formula is C15H22F2N2O2. The number of nitrogens with one attached hydrogen (secondary N) is 2. The standard InChI is InChI=1S/C15H22F2N2O2/c1-3-10(2)19-15(21)6-7-18-9-14(20)12-5-4-11(16)8-13(12)17/h4-5,8,10,14,18,20H,3,6-7,9H2,1-2H3,(H,19,21). The molecule has 118 valence electrons. The highest BCUT2D eigenvalue weighted by molar-refractivity contribution is 5.76. The van der Waals surface area contributed by atoms with Crippen LogP contribution in [0.5, 0.6) is 0 Å². The first-order chi connectivity index (χ1) is 9.93. The van der Waals surface area contributed by atoms with Gasteiger partial charge in [0.25, 0.3) is 0 Å². The Balaban J connectivity index is 2.30. The molecule has 0 radical (unpaired) electrons. The summed E-state index contributed by atoms with van der Waals surface area (Å²) >= 11 is 0. The smallest absolute Gasteiger partial charge is 0.221 e. The van der Waals surface area contributed by atoms with E-state index in [1.165, 1.54) is 6.07 Å². The van der Waals surface area contributed by atoms with E-state index < -0.39 is 17.7 Å². The van der Waals surface area contributed by atoms with Gasteiger partial charge in [-0.15, -0.1) is 0 Å². The summed E-state index contributed by atoms with van der Waals surface area (Å²) < 4.78 is 26.2. The fraction of sp³-hybridized carbons (Fsp3) is 0.533. The number of hydrogen-bond acceptors (Lipinski definition) is 3. The molecular weight excluding hydrogens is 278 g/mol. The van der Waals surface area contributed by atoms with Gasteiger partial charge in [-0.3, -0.25) is 4.79 Å². The Hall–Kier alpha value is -1.53. The maximum absolute atomic E-state index is 13.4. The summed E-state index contributed by atoms with van der Waals surface area (Å²) in [6, 6.07) is 3.18. The minimum absolute atomic E-state index is 0.0351. The average molecular weight is 300 g/mol. The molecule has 0 saturated carbocycles. The number of carbonyl (C=O) groups is 1. The van der Waals surface area contributed by atoms with Gasteiger partial charge in [0.1, 0.15) is 11.6 Å². The molecule has 4 nitrogen and oxygen atoms in total. The van der Waals surface area contributed by atoms with Crippen molar-refractivity contribution in [3.8, 4) is 0 Å². The van der Waals surface area contributed by atoms with Gasteiger partial charge in [-0.1, -0.05) is 13.0 Å². The van der Waals surface area contributed by atoms with Crippen LogP contribution >= 0.6 is 0 Å². The summed E-state index contributed by atoms with van der Waals surface area (Å²) in [5.74, 6) is -1.53. The largest absolute Gasteiger partial charge is 0.387 e. The number of carbonyl (C=O) groups excluding carboxylic acids is 1. The fourth-order valence-corrected chi connectivity index (χ4v) is 1.77. The highest BCUT2D eigenvalue weighted by Gasteiger charge is 2.13. The normalized spacial score (nSPS) is 13.8. The zero-order valence-electron chi connectivity index (χ0n) is 12.3. The number of aliphatic hydroxyl groups excluding tert-OH is 1. The average Bonchev–Trinajstić information content (AvgIpc) is 2.43.